The van der Waals surface area contributed by atoms with Crippen molar-refractivity contribution in [3.05, 3.63) is 35.7 Å². The summed E-state index contributed by atoms with van der Waals surface area (Å²) in [5.41, 5.74) is 2.56. The highest BCUT2D eigenvalue weighted by molar-refractivity contribution is 6.00. The van der Waals surface area contributed by atoms with Gasteiger partial charge in [-0.1, -0.05) is 6.07 Å². The first-order valence-electron chi connectivity index (χ1n) is 7.37. The Hall–Kier alpha value is -1.72. The van der Waals surface area contributed by atoms with Crippen LogP contribution in [-0.4, -0.2) is 35.2 Å². The molecule has 0 aliphatic carbocycles. The molecule has 5 nitrogen and oxygen atoms in total. The van der Waals surface area contributed by atoms with Crippen LogP contribution in [0.2, 0.25) is 0 Å². The molecule has 2 aromatic rings. The van der Waals surface area contributed by atoms with Crippen molar-refractivity contribution in [2.24, 2.45) is 5.92 Å². The molecule has 3 heterocycles. The zero-order chi connectivity index (χ0) is 14.7. The first kappa shape index (κ1) is 14.2. The van der Waals surface area contributed by atoms with Crippen LogP contribution in [0.4, 0.5) is 0 Å². The van der Waals surface area contributed by atoms with Crippen molar-refractivity contribution in [2.75, 3.05) is 19.8 Å². The highest BCUT2D eigenvalue weighted by Gasteiger charge is 2.14. The summed E-state index contributed by atoms with van der Waals surface area (Å²) in [6, 6.07) is 3.92. The molecule has 1 aliphatic rings. The number of hydrogen-bond acceptors (Lipinski definition) is 4. The molecule has 112 valence electrons. The van der Waals surface area contributed by atoms with E-state index < -0.39 is 0 Å². The van der Waals surface area contributed by atoms with Crippen molar-refractivity contribution in [3.63, 3.8) is 0 Å². The summed E-state index contributed by atoms with van der Waals surface area (Å²) < 4.78 is 12.9. The Kier molecular flexibility index (Phi) is 4.31. The summed E-state index contributed by atoms with van der Waals surface area (Å²) in [4.78, 5) is 11.5. The lowest BCUT2D eigenvalue weighted by molar-refractivity contribution is 0.0156. The molecule has 0 atom stereocenters. The number of Topliss-reactive ketones (excluding diaryl/α,β-unsaturated/α-hetero) is 1. The zero-order valence-electron chi connectivity index (χ0n) is 12.2. The molecule has 0 radical (unpaired) electrons. The van der Waals surface area contributed by atoms with Crippen molar-refractivity contribution < 1.29 is 14.3 Å². The number of carbonyl (C=O) groups is 1. The van der Waals surface area contributed by atoms with Gasteiger partial charge in [0.25, 0.3) is 0 Å². The van der Waals surface area contributed by atoms with Crippen molar-refractivity contribution in [1.29, 1.82) is 0 Å². The molecule has 1 saturated heterocycles. The van der Waals surface area contributed by atoms with Gasteiger partial charge in [0.15, 0.2) is 5.78 Å². The molecule has 0 aromatic carbocycles. The van der Waals surface area contributed by atoms with Crippen LogP contribution in [0, 0.1) is 5.92 Å². The summed E-state index contributed by atoms with van der Waals surface area (Å²) >= 11 is 0. The Morgan fingerprint density at radius 3 is 3.00 bits per heavy atom. The molecule has 0 amide bonds. The highest BCUT2D eigenvalue weighted by atomic mass is 16.5. The van der Waals surface area contributed by atoms with E-state index in [1.165, 1.54) is 0 Å². The third-order valence-electron chi connectivity index (χ3n) is 3.92. The Morgan fingerprint density at radius 1 is 1.43 bits per heavy atom. The van der Waals surface area contributed by atoms with Gasteiger partial charge in [0.05, 0.1) is 30.5 Å². The number of rotatable bonds is 5. The van der Waals surface area contributed by atoms with Gasteiger partial charge in [-0.25, -0.2) is 4.52 Å². The number of hydrogen-bond donors (Lipinski definition) is 0. The van der Waals surface area contributed by atoms with Crippen LogP contribution < -0.4 is 0 Å². The molecule has 0 spiro atoms. The molecule has 0 saturated carbocycles. The molecule has 21 heavy (non-hydrogen) atoms. The van der Waals surface area contributed by atoms with E-state index >= 15 is 0 Å². The van der Waals surface area contributed by atoms with E-state index in [1.54, 1.807) is 17.6 Å². The fourth-order valence-corrected chi connectivity index (χ4v) is 2.64. The normalized spacial score (nSPS) is 16.4. The second-order valence-corrected chi connectivity index (χ2v) is 5.55. The largest absolute Gasteiger partial charge is 0.381 e. The lowest BCUT2D eigenvalue weighted by Crippen LogP contribution is -2.20. The van der Waals surface area contributed by atoms with Gasteiger partial charge in [0.1, 0.15) is 0 Å². The number of aromatic nitrogens is 2. The minimum atomic E-state index is 0.0357. The Balaban J connectivity index is 1.61. The molecule has 1 aliphatic heterocycles. The lowest BCUT2D eigenvalue weighted by atomic mass is 10.0. The molecule has 0 bridgehead atoms. The zero-order valence-corrected chi connectivity index (χ0v) is 12.2. The maximum atomic E-state index is 11.5. The highest BCUT2D eigenvalue weighted by Crippen LogP contribution is 2.16. The fraction of sp³-hybridized carbons (Fsp3) is 0.500. The number of fused-ring (bicyclic) bond motifs is 1. The first-order valence-corrected chi connectivity index (χ1v) is 7.37. The van der Waals surface area contributed by atoms with Gasteiger partial charge in [-0.15, -0.1) is 0 Å². The van der Waals surface area contributed by atoms with Crippen molar-refractivity contribution in [1.82, 2.24) is 9.61 Å². The van der Waals surface area contributed by atoms with Crippen LogP contribution in [0.3, 0.4) is 0 Å². The molecule has 1 fully saturated rings. The molecular formula is C16H20N2O3. The summed E-state index contributed by atoms with van der Waals surface area (Å²) in [5.74, 6) is 0.644. The molecular weight excluding hydrogens is 268 g/mol. The summed E-state index contributed by atoms with van der Waals surface area (Å²) in [6.45, 7) is 4.60. The predicted octanol–water partition coefficient (Wildman–Crippen LogP) is 2.48. The van der Waals surface area contributed by atoms with Crippen LogP contribution in [0.25, 0.3) is 5.52 Å². The number of nitrogens with zero attached hydrogens (tertiary/aromatic N) is 2. The van der Waals surface area contributed by atoms with Crippen molar-refractivity contribution in [2.45, 2.75) is 26.4 Å². The van der Waals surface area contributed by atoms with Gasteiger partial charge in [-0.3, -0.25) is 4.79 Å². The van der Waals surface area contributed by atoms with Crippen LogP contribution in [-0.2, 0) is 16.1 Å². The number of ketones is 1. The Bertz CT molecular complexity index is 629. The standard InChI is InChI=1S/C16H20N2O3/c1-12(19)15-8-17-18-9-14(2-3-16(15)18)11-21-10-13-4-6-20-7-5-13/h2-3,8-9,13H,4-7,10-11H2,1H3. The maximum Gasteiger partial charge on any atom is 0.163 e. The van der Waals surface area contributed by atoms with Crippen LogP contribution in [0.15, 0.2) is 24.5 Å². The van der Waals surface area contributed by atoms with E-state index in [-0.39, 0.29) is 5.78 Å². The smallest absolute Gasteiger partial charge is 0.163 e. The third-order valence-corrected chi connectivity index (χ3v) is 3.92. The predicted molar refractivity (Wildman–Crippen MR) is 78.4 cm³/mol. The third kappa shape index (κ3) is 3.31. The van der Waals surface area contributed by atoms with E-state index in [2.05, 4.69) is 5.10 Å². The van der Waals surface area contributed by atoms with E-state index in [9.17, 15) is 4.79 Å². The number of pyridine rings is 1. The maximum absolute atomic E-state index is 11.5. The molecule has 0 N–H and O–H groups in total. The van der Waals surface area contributed by atoms with E-state index in [1.807, 2.05) is 18.3 Å². The Labute approximate surface area is 123 Å². The minimum Gasteiger partial charge on any atom is -0.381 e. The summed E-state index contributed by atoms with van der Waals surface area (Å²) in [5, 5.41) is 4.22. The van der Waals surface area contributed by atoms with Gasteiger partial charge in [0, 0.05) is 19.4 Å². The van der Waals surface area contributed by atoms with Crippen LogP contribution in [0.1, 0.15) is 35.7 Å². The van der Waals surface area contributed by atoms with E-state index in [4.69, 9.17) is 9.47 Å². The minimum absolute atomic E-state index is 0.0357. The second kappa shape index (κ2) is 6.37. The van der Waals surface area contributed by atoms with Gasteiger partial charge >= 0.3 is 0 Å². The van der Waals surface area contributed by atoms with Crippen molar-refractivity contribution in [3.8, 4) is 0 Å². The molecule has 0 unspecified atom stereocenters. The first-order chi connectivity index (χ1) is 10.2. The molecule has 2 aromatic heterocycles. The van der Waals surface area contributed by atoms with Gasteiger partial charge in [-0.2, -0.15) is 5.10 Å². The SMILES string of the molecule is CC(=O)c1cnn2cc(COCC3CCOCC3)ccc12. The summed E-state index contributed by atoms with van der Waals surface area (Å²) in [6.07, 6.45) is 5.70. The quantitative estimate of drug-likeness (QED) is 0.793. The lowest BCUT2D eigenvalue weighted by Gasteiger charge is -2.21. The second-order valence-electron chi connectivity index (χ2n) is 5.55. The van der Waals surface area contributed by atoms with Crippen molar-refractivity contribution >= 4 is 11.3 Å². The number of carbonyl (C=O) groups excluding carboxylic acids is 1. The average molecular weight is 288 g/mol. The fourth-order valence-electron chi connectivity index (χ4n) is 2.64. The van der Waals surface area contributed by atoms with Crippen LogP contribution in [0.5, 0.6) is 0 Å². The molecule has 5 heteroatoms. The topological polar surface area (TPSA) is 52.8 Å². The van der Waals surface area contributed by atoms with Gasteiger partial charge in [0.2, 0.25) is 0 Å². The number of ether oxygens (including phenoxy) is 2. The van der Waals surface area contributed by atoms with Gasteiger partial charge < -0.3 is 9.47 Å². The van der Waals surface area contributed by atoms with Crippen LogP contribution >= 0.6 is 0 Å². The average Bonchev–Trinajstić information content (AvgIpc) is 2.91. The summed E-state index contributed by atoms with van der Waals surface area (Å²) in [7, 11) is 0. The monoisotopic (exact) mass is 288 g/mol. The Morgan fingerprint density at radius 2 is 2.24 bits per heavy atom. The molecule has 3 rings (SSSR count). The van der Waals surface area contributed by atoms with Gasteiger partial charge in [-0.05, 0) is 37.3 Å². The van der Waals surface area contributed by atoms with E-state index in [0.29, 0.717) is 18.1 Å². The van der Waals surface area contributed by atoms with E-state index in [0.717, 1.165) is 43.7 Å².